The highest BCUT2D eigenvalue weighted by Crippen LogP contribution is 2.35. The lowest BCUT2D eigenvalue weighted by Crippen LogP contribution is -2.46. The van der Waals surface area contributed by atoms with Crippen LogP contribution in [0.5, 0.6) is 0 Å². The fourth-order valence-corrected chi connectivity index (χ4v) is 9.26. The van der Waals surface area contributed by atoms with Gasteiger partial charge in [0.25, 0.3) is 10.2 Å². The van der Waals surface area contributed by atoms with E-state index in [1.54, 1.807) is 40.8 Å². The minimum absolute atomic E-state index is 0.120. The van der Waals surface area contributed by atoms with Crippen LogP contribution in [0.1, 0.15) is 90.4 Å². The Morgan fingerprint density at radius 3 is 1.48 bits per heavy atom. The first-order chi connectivity index (χ1) is 29.5. The standard InChI is InChI=1S/C24H34N4O6S.C19H26N4O4S/c1-7-33-22(29)19-15-25-20-14-17(3)16(2)13-18(20)21(19)27-9-8-10-28(12-11-27)35(31,32)26-23(30)34-24(4,5)6;1-4-27-19(24)16-12-21-17-11-14(3)13(2)10-15(17)18(16)22-6-5-7-23(9-8-22)28(20,25)26/h13-15H,7-12H2,1-6H3,(H,26,30);10-12H,4-9H2,1-3H3,(H2,20,25,26). The first-order valence-electron chi connectivity index (χ1n) is 21.0. The van der Waals surface area contributed by atoms with Crippen molar-refractivity contribution in [3.8, 4) is 0 Å². The van der Waals surface area contributed by atoms with Gasteiger partial charge in [0.05, 0.1) is 35.6 Å². The fraction of sp³-hybridized carbons (Fsp3) is 0.512. The number of benzene rings is 2. The summed E-state index contributed by atoms with van der Waals surface area (Å²) in [7, 11) is -7.84. The third-order valence-corrected chi connectivity index (χ3v) is 13.3. The van der Waals surface area contributed by atoms with Crippen LogP contribution in [-0.2, 0) is 34.6 Å². The Balaban J connectivity index is 0.000000243. The number of esters is 2. The van der Waals surface area contributed by atoms with Crippen LogP contribution in [0.2, 0.25) is 0 Å². The first-order valence-corrected chi connectivity index (χ1v) is 23.9. The molecule has 4 aromatic rings. The van der Waals surface area contributed by atoms with E-state index in [1.165, 1.54) is 14.8 Å². The van der Waals surface area contributed by atoms with Gasteiger partial charge < -0.3 is 24.0 Å². The molecule has 3 N–H and O–H groups in total. The van der Waals surface area contributed by atoms with Crippen molar-refractivity contribution in [2.45, 2.75) is 80.8 Å². The second-order valence-electron chi connectivity index (χ2n) is 16.5. The Labute approximate surface area is 370 Å². The molecule has 4 heterocycles. The second-order valence-corrected chi connectivity index (χ2v) is 19.7. The number of anilines is 2. The number of nitrogens with one attached hydrogen (secondary N) is 1. The molecule has 344 valence electrons. The molecule has 2 saturated heterocycles. The topological polar surface area (TPSA) is 224 Å². The number of nitrogens with two attached hydrogens (primary N) is 1. The molecule has 2 aromatic heterocycles. The number of hydrogen-bond acceptors (Lipinski definition) is 14. The van der Waals surface area contributed by atoms with Gasteiger partial charge in [0.15, 0.2) is 0 Å². The van der Waals surface area contributed by atoms with Crippen LogP contribution in [0.25, 0.3) is 21.8 Å². The Morgan fingerprint density at radius 1 is 0.651 bits per heavy atom. The third-order valence-electron chi connectivity index (χ3n) is 10.8. The number of carbonyl (C=O) groups is 3. The van der Waals surface area contributed by atoms with Gasteiger partial charge in [-0.2, -0.15) is 25.4 Å². The molecule has 0 unspecified atom stereocenters. The highest BCUT2D eigenvalue weighted by molar-refractivity contribution is 7.87. The predicted molar refractivity (Wildman–Crippen MR) is 243 cm³/mol. The Kier molecular flexibility index (Phi) is 15.6. The quantitative estimate of drug-likeness (QED) is 0.166. The number of amides is 1. The van der Waals surface area contributed by atoms with Crippen LogP contribution in [0.4, 0.5) is 16.2 Å². The summed E-state index contributed by atoms with van der Waals surface area (Å²) in [6, 6.07) is 8.00. The zero-order valence-corrected chi connectivity index (χ0v) is 39.2. The molecule has 2 aliphatic rings. The van der Waals surface area contributed by atoms with Crippen LogP contribution in [0, 0.1) is 27.7 Å². The first kappa shape index (κ1) is 48.9. The maximum atomic E-state index is 12.8. The van der Waals surface area contributed by atoms with Crippen molar-refractivity contribution >= 4 is 71.6 Å². The van der Waals surface area contributed by atoms with Crippen molar-refractivity contribution in [2.24, 2.45) is 5.14 Å². The van der Waals surface area contributed by atoms with Crippen molar-refractivity contribution in [1.82, 2.24) is 23.3 Å². The molecule has 18 nitrogen and oxygen atoms in total. The van der Waals surface area contributed by atoms with Crippen molar-refractivity contribution in [3.05, 3.63) is 70.0 Å². The molecule has 0 radical (unpaired) electrons. The van der Waals surface area contributed by atoms with E-state index >= 15 is 0 Å². The van der Waals surface area contributed by atoms with Gasteiger partial charge in [0, 0.05) is 75.5 Å². The van der Waals surface area contributed by atoms with Crippen molar-refractivity contribution in [3.63, 3.8) is 0 Å². The third kappa shape index (κ3) is 12.1. The summed E-state index contributed by atoms with van der Waals surface area (Å²) >= 11 is 0. The molecule has 6 rings (SSSR count). The van der Waals surface area contributed by atoms with Gasteiger partial charge in [-0.1, -0.05) is 0 Å². The van der Waals surface area contributed by atoms with Crippen molar-refractivity contribution in [1.29, 1.82) is 0 Å². The monoisotopic (exact) mass is 912 g/mol. The minimum Gasteiger partial charge on any atom is -0.462 e. The van der Waals surface area contributed by atoms with Gasteiger partial charge in [-0.15, -0.1) is 0 Å². The van der Waals surface area contributed by atoms with Crippen LogP contribution >= 0.6 is 0 Å². The molecule has 2 aromatic carbocycles. The highest BCUT2D eigenvalue weighted by Gasteiger charge is 2.31. The van der Waals surface area contributed by atoms with E-state index < -0.39 is 44.1 Å². The van der Waals surface area contributed by atoms with Gasteiger partial charge in [-0.05, 0) is 122 Å². The summed E-state index contributed by atoms with van der Waals surface area (Å²) < 4.78 is 69.3. The SMILES string of the molecule is CCOC(=O)c1cnc2cc(C)c(C)cc2c1N1CCCN(S(=O)(=O)NC(=O)OC(C)(C)C)CC1.CCOC(=O)c1cnc2cc(C)c(C)cc2c1N1CCCN(S(N)(=O)=O)CC1. The minimum atomic E-state index is -4.10. The fourth-order valence-electron chi connectivity index (χ4n) is 7.47. The summed E-state index contributed by atoms with van der Waals surface area (Å²) in [5.41, 5.74) is 7.21. The number of carbonyl (C=O) groups excluding carboxylic acids is 3. The van der Waals surface area contributed by atoms with E-state index in [0.29, 0.717) is 62.4 Å². The maximum Gasteiger partial charge on any atom is 0.422 e. The number of nitrogens with zero attached hydrogens (tertiary/aromatic N) is 6. The van der Waals surface area contributed by atoms with E-state index in [2.05, 4.69) is 9.97 Å². The average Bonchev–Trinajstić information content (AvgIpc) is 3.60. The predicted octanol–water partition coefficient (Wildman–Crippen LogP) is 5.05. The lowest BCUT2D eigenvalue weighted by atomic mass is 10.0. The van der Waals surface area contributed by atoms with E-state index in [1.807, 2.05) is 66.5 Å². The number of fused-ring (bicyclic) bond motifs is 2. The molecule has 1 amide bonds. The molecule has 20 heteroatoms. The number of hydrogen-bond donors (Lipinski definition) is 2. The molecule has 0 aliphatic carbocycles. The highest BCUT2D eigenvalue weighted by atomic mass is 32.2. The summed E-state index contributed by atoms with van der Waals surface area (Å²) in [5.74, 6) is -0.909. The van der Waals surface area contributed by atoms with E-state index in [4.69, 9.17) is 19.3 Å². The molecule has 2 fully saturated rings. The molecule has 63 heavy (non-hydrogen) atoms. The number of pyridine rings is 2. The van der Waals surface area contributed by atoms with E-state index in [9.17, 15) is 31.2 Å². The zero-order valence-electron chi connectivity index (χ0n) is 37.6. The Morgan fingerprint density at radius 2 is 1.06 bits per heavy atom. The molecule has 2 aliphatic heterocycles. The van der Waals surface area contributed by atoms with Crippen molar-refractivity contribution < 1.29 is 45.4 Å². The van der Waals surface area contributed by atoms with E-state index in [-0.39, 0.29) is 32.8 Å². The summed E-state index contributed by atoms with van der Waals surface area (Å²) in [6.07, 6.45) is 3.15. The largest absolute Gasteiger partial charge is 0.462 e. The summed E-state index contributed by atoms with van der Waals surface area (Å²) in [5, 5.41) is 6.97. The van der Waals surface area contributed by atoms with Crippen LogP contribution in [-0.4, -0.2) is 125 Å². The molecule has 0 atom stereocenters. The molecular formula is C43H60N8O10S2. The molecule has 0 saturated carbocycles. The number of aryl methyl sites for hydroxylation is 4. The van der Waals surface area contributed by atoms with Gasteiger partial charge >= 0.3 is 28.2 Å². The van der Waals surface area contributed by atoms with Crippen LogP contribution in [0.15, 0.2) is 36.7 Å². The number of aromatic nitrogens is 2. The molecule has 0 spiro atoms. The molecule has 0 bridgehead atoms. The Hall–Kier alpha value is -5.15. The van der Waals surface area contributed by atoms with Gasteiger partial charge in [-0.3, -0.25) is 9.97 Å². The smallest absolute Gasteiger partial charge is 0.422 e. The van der Waals surface area contributed by atoms with Gasteiger partial charge in [0.2, 0.25) is 0 Å². The van der Waals surface area contributed by atoms with E-state index in [0.717, 1.165) is 49.7 Å². The molecular weight excluding hydrogens is 853 g/mol. The number of ether oxygens (including phenoxy) is 3. The lowest BCUT2D eigenvalue weighted by molar-refractivity contribution is 0.0517. The lowest BCUT2D eigenvalue weighted by Gasteiger charge is -2.27. The Bertz CT molecular complexity index is 2580. The van der Waals surface area contributed by atoms with Gasteiger partial charge in [-0.25, -0.2) is 24.2 Å². The second kappa shape index (κ2) is 20.1. The average molecular weight is 913 g/mol. The normalized spacial score (nSPS) is 15.8. The maximum absolute atomic E-state index is 12.8. The van der Waals surface area contributed by atoms with Crippen LogP contribution in [0.3, 0.4) is 0 Å². The number of rotatable bonds is 9. The summed E-state index contributed by atoms with van der Waals surface area (Å²) in [6.45, 7) is 19.8. The van der Waals surface area contributed by atoms with Crippen molar-refractivity contribution in [2.75, 3.05) is 75.4 Å². The zero-order chi connectivity index (χ0) is 46.4. The summed E-state index contributed by atoms with van der Waals surface area (Å²) in [4.78, 5) is 50.4. The van der Waals surface area contributed by atoms with Crippen LogP contribution < -0.4 is 19.7 Å². The van der Waals surface area contributed by atoms with Gasteiger partial charge in [0.1, 0.15) is 16.7 Å².